The molecule has 1 aliphatic rings. The smallest absolute Gasteiger partial charge is 0.123 e. The number of aliphatic hydroxyl groups excluding tert-OH is 1. The Hall–Kier alpha value is -0.810. The Morgan fingerprint density at radius 3 is 2.90 bits per heavy atom. The van der Waals surface area contributed by atoms with Crippen molar-refractivity contribution >= 4 is 11.6 Å². The molecule has 1 heterocycles. The normalized spacial score (nSPS) is 22.8. The first-order valence-electron chi connectivity index (χ1n) is 6.77. The SMILES string of the molecule is COc1ccc(Cl)cc1CN1CC(CO)OC(C)(C)C1. The maximum Gasteiger partial charge on any atom is 0.123 e. The van der Waals surface area contributed by atoms with Gasteiger partial charge in [0.1, 0.15) is 5.75 Å². The summed E-state index contributed by atoms with van der Waals surface area (Å²) in [5.41, 5.74) is 0.784. The highest BCUT2D eigenvalue weighted by atomic mass is 35.5. The van der Waals surface area contributed by atoms with E-state index in [4.69, 9.17) is 21.1 Å². The molecule has 112 valence electrons. The summed E-state index contributed by atoms with van der Waals surface area (Å²) < 4.78 is 11.2. The molecule has 1 aromatic carbocycles. The van der Waals surface area contributed by atoms with Crippen LogP contribution in [0.25, 0.3) is 0 Å². The van der Waals surface area contributed by atoms with E-state index in [-0.39, 0.29) is 18.3 Å². The van der Waals surface area contributed by atoms with E-state index in [0.717, 1.165) is 24.4 Å². The van der Waals surface area contributed by atoms with Crippen LogP contribution in [0.1, 0.15) is 19.4 Å². The molecule has 0 amide bonds. The third-order valence-electron chi connectivity index (χ3n) is 3.39. The molecule has 0 bridgehead atoms. The maximum absolute atomic E-state index is 9.35. The lowest BCUT2D eigenvalue weighted by molar-refractivity contribution is -0.150. The molecule has 0 aromatic heterocycles. The van der Waals surface area contributed by atoms with E-state index in [1.807, 2.05) is 32.0 Å². The molecule has 1 fully saturated rings. The van der Waals surface area contributed by atoms with Crippen LogP contribution in [0.15, 0.2) is 18.2 Å². The third kappa shape index (κ3) is 3.85. The molecule has 1 atom stereocenters. The van der Waals surface area contributed by atoms with Gasteiger partial charge in [-0.25, -0.2) is 0 Å². The van der Waals surface area contributed by atoms with Gasteiger partial charge in [0.25, 0.3) is 0 Å². The van der Waals surface area contributed by atoms with Crippen molar-refractivity contribution in [1.82, 2.24) is 4.90 Å². The Labute approximate surface area is 125 Å². The number of ether oxygens (including phenoxy) is 2. The van der Waals surface area contributed by atoms with Gasteiger partial charge in [-0.2, -0.15) is 0 Å². The fourth-order valence-corrected chi connectivity index (χ4v) is 2.94. The van der Waals surface area contributed by atoms with Crippen molar-refractivity contribution < 1.29 is 14.6 Å². The van der Waals surface area contributed by atoms with Gasteiger partial charge in [-0.3, -0.25) is 4.90 Å². The van der Waals surface area contributed by atoms with Crippen LogP contribution in [-0.4, -0.2) is 48.5 Å². The Kier molecular flexibility index (Phi) is 4.91. The topological polar surface area (TPSA) is 41.9 Å². The quantitative estimate of drug-likeness (QED) is 0.926. The lowest BCUT2D eigenvalue weighted by Crippen LogP contribution is -2.53. The highest BCUT2D eigenvalue weighted by Gasteiger charge is 2.33. The molecular weight excluding hydrogens is 278 g/mol. The van der Waals surface area contributed by atoms with Crippen LogP contribution in [0.4, 0.5) is 0 Å². The molecule has 2 rings (SSSR count). The summed E-state index contributed by atoms with van der Waals surface area (Å²) in [7, 11) is 1.66. The van der Waals surface area contributed by atoms with E-state index in [9.17, 15) is 5.11 Å². The third-order valence-corrected chi connectivity index (χ3v) is 3.63. The van der Waals surface area contributed by atoms with E-state index in [1.54, 1.807) is 7.11 Å². The zero-order valence-corrected chi connectivity index (χ0v) is 13.0. The number of methoxy groups -OCH3 is 1. The minimum Gasteiger partial charge on any atom is -0.496 e. The minimum atomic E-state index is -0.266. The maximum atomic E-state index is 9.35. The van der Waals surface area contributed by atoms with Crippen LogP contribution >= 0.6 is 11.6 Å². The van der Waals surface area contributed by atoms with E-state index in [1.165, 1.54) is 0 Å². The Bertz CT molecular complexity index is 464. The summed E-state index contributed by atoms with van der Waals surface area (Å²) in [5, 5.41) is 10.1. The van der Waals surface area contributed by atoms with Gasteiger partial charge in [0.15, 0.2) is 0 Å². The van der Waals surface area contributed by atoms with Crippen LogP contribution in [0.3, 0.4) is 0 Å². The Morgan fingerprint density at radius 2 is 2.25 bits per heavy atom. The van der Waals surface area contributed by atoms with E-state index >= 15 is 0 Å². The summed E-state index contributed by atoms with van der Waals surface area (Å²) in [6.45, 7) is 6.35. The molecule has 1 aromatic rings. The zero-order chi connectivity index (χ0) is 14.8. The molecular formula is C15H22ClNO3. The highest BCUT2D eigenvalue weighted by molar-refractivity contribution is 6.30. The summed E-state index contributed by atoms with van der Waals surface area (Å²) >= 11 is 6.06. The van der Waals surface area contributed by atoms with Crippen molar-refractivity contribution in [3.63, 3.8) is 0 Å². The zero-order valence-electron chi connectivity index (χ0n) is 12.2. The number of benzene rings is 1. The van der Waals surface area contributed by atoms with Crippen molar-refractivity contribution in [2.75, 3.05) is 26.8 Å². The molecule has 0 spiro atoms. The number of morpholine rings is 1. The molecule has 1 unspecified atom stereocenters. The van der Waals surface area contributed by atoms with Gasteiger partial charge in [-0.15, -0.1) is 0 Å². The number of hydrogen-bond acceptors (Lipinski definition) is 4. The first-order valence-corrected chi connectivity index (χ1v) is 7.15. The van der Waals surface area contributed by atoms with E-state index in [2.05, 4.69) is 4.90 Å². The Morgan fingerprint density at radius 1 is 1.50 bits per heavy atom. The van der Waals surface area contributed by atoms with Gasteiger partial charge in [-0.1, -0.05) is 11.6 Å². The van der Waals surface area contributed by atoms with Crippen LogP contribution in [0.5, 0.6) is 5.75 Å². The average molecular weight is 300 g/mol. The second-order valence-corrected chi connectivity index (χ2v) is 6.24. The fourth-order valence-electron chi connectivity index (χ4n) is 2.74. The minimum absolute atomic E-state index is 0.0343. The van der Waals surface area contributed by atoms with Crippen molar-refractivity contribution in [1.29, 1.82) is 0 Å². The molecule has 0 aliphatic carbocycles. The lowest BCUT2D eigenvalue weighted by Gasteiger charge is -2.42. The number of nitrogens with zero attached hydrogens (tertiary/aromatic N) is 1. The molecule has 1 saturated heterocycles. The first kappa shape index (κ1) is 15.6. The number of aliphatic hydroxyl groups is 1. The molecule has 4 nitrogen and oxygen atoms in total. The average Bonchev–Trinajstić information content (AvgIpc) is 2.37. The molecule has 20 heavy (non-hydrogen) atoms. The standard InChI is InChI=1S/C15H22ClNO3/c1-15(2)10-17(8-13(9-18)20-15)7-11-6-12(16)4-5-14(11)19-3/h4-6,13,18H,7-10H2,1-3H3. The first-order chi connectivity index (χ1) is 9.43. The Balaban J connectivity index is 2.14. The highest BCUT2D eigenvalue weighted by Crippen LogP contribution is 2.27. The second-order valence-electron chi connectivity index (χ2n) is 5.81. The number of hydrogen-bond donors (Lipinski definition) is 1. The lowest BCUT2D eigenvalue weighted by atomic mass is 10.0. The predicted molar refractivity (Wildman–Crippen MR) is 79.3 cm³/mol. The second kappa shape index (κ2) is 6.31. The van der Waals surface area contributed by atoms with Gasteiger partial charge in [0.05, 0.1) is 25.4 Å². The number of rotatable bonds is 4. The van der Waals surface area contributed by atoms with Crippen LogP contribution in [-0.2, 0) is 11.3 Å². The van der Waals surface area contributed by atoms with Crippen molar-refractivity contribution in [3.8, 4) is 5.75 Å². The van der Waals surface area contributed by atoms with E-state index in [0.29, 0.717) is 11.6 Å². The summed E-state index contributed by atoms with van der Waals surface area (Å²) in [6.07, 6.45) is -0.149. The van der Waals surface area contributed by atoms with Crippen molar-refractivity contribution in [2.24, 2.45) is 0 Å². The molecule has 0 saturated carbocycles. The molecule has 5 heteroatoms. The summed E-state index contributed by atoms with van der Waals surface area (Å²) in [6, 6.07) is 5.63. The van der Waals surface area contributed by atoms with Gasteiger partial charge in [0.2, 0.25) is 0 Å². The van der Waals surface area contributed by atoms with Crippen LogP contribution in [0, 0.1) is 0 Å². The largest absolute Gasteiger partial charge is 0.496 e. The van der Waals surface area contributed by atoms with Gasteiger partial charge < -0.3 is 14.6 Å². The van der Waals surface area contributed by atoms with Crippen LogP contribution in [0.2, 0.25) is 5.02 Å². The predicted octanol–water partition coefficient (Wildman–Crippen LogP) is 2.32. The van der Waals surface area contributed by atoms with Gasteiger partial charge >= 0.3 is 0 Å². The van der Waals surface area contributed by atoms with Gasteiger partial charge in [0, 0.05) is 30.2 Å². The number of halogens is 1. The van der Waals surface area contributed by atoms with Gasteiger partial charge in [-0.05, 0) is 32.0 Å². The monoisotopic (exact) mass is 299 g/mol. The summed E-state index contributed by atoms with van der Waals surface area (Å²) in [5.74, 6) is 0.833. The van der Waals surface area contributed by atoms with Crippen molar-refractivity contribution in [3.05, 3.63) is 28.8 Å². The fraction of sp³-hybridized carbons (Fsp3) is 0.600. The van der Waals surface area contributed by atoms with Crippen LogP contribution < -0.4 is 4.74 Å². The molecule has 1 N–H and O–H groups in total. The molecule has 0 radical (unpaired) electrons. The van der Waals surface area contributed by atoms with E-state index < -0.39 is 0 Å². The molecule has 1 aliphatic heterocycles. The summed E-state index contributed by atoms with van der Waals surface area (Å²) in [4.78, 5) is 2.26. The van der Waals surface area contributed by atoms with Crippen molar-refractivity contribution in [2.45, 2.75) is 32.1 Å².